The van der Waals surface area contributed by atoms with Crippen molar-refractivity contribution in [3.05, 3.63) is 75.6 Å². The second-order valence-electron chi connectivity index (χ2n) is 8.42. The molecule has 1 aliphatic carbocycles. The van der Waals surface area contributed by atoms with E-state index in [1.54, 1.807) is 11.6 Å². The lowest BCUT2D eigenvalue weighted by Crippen LogP contribution is -2.35. The van der Waals surface area contributed by atoms with Crippen molar-refractivity contribution in [2.24, 2.45) is 7.05 Å². The van der Waals surface area contributed by atoms with Crippen LogP contribution in [0, 0.1) is 11.3 Å². The Morgan fingerprint density at radius 2 is 1.48 bits per heavy atom. The fourth-order valence-corrected chi connectivity index (χ4v) is 4.80. The summed E-state index contributed by atoms with van der Waals surface area (Å²) < 4.78 is 1.59. The van der Waals surface area contributed by atoms with Crippen molar-refractivity contribution in [1.29, 1.82) is 5.26 Å². The Labute approximate surface area is 171 Å². The molecule has 0 N–H and O–H groups in total. The molecule has 29 heavy (non-hydrogen) atoms. The van der Waals surface area contributed by atoms with Crippen molar-refractivity contribution in [1.82, 2.24) is 4.57 Å². The molecule has 5 rings (SSSR count). The predicted octanol–water partition coefficient (Wildman–Crippen LogP) is 4.67. The van der Waals surface area contributed by atoms with Gasteiger partial charge in [0, 0.05) is 25.5 Å². The van der Waals surface area contributed by atoms with E-state index < -0.39 is 0 Å². The van der Waals surface area contributed by atoms with Gasteiger partial charge in [0.1, 0.15) is 11.6 Å². The third-order valence-corrected chi connectivity index (χ3v) is 6.66. The first-order valence-corrected chi connectivity index (χ1v) is 10.5. The van der Waals surface area contributed by atoms with E-state index in [1.807, 2.05) is 24.3 Å². The van der Waals surface area contributed by atoms with Crippen molar-refractivity contribution >= 4 is 16.6 Å². The molecule has 0 unspecified atom stereocenters. The van der Waals surface area contributed by atoms with E-state index >= 15 is 0 Å². The van der Waals surface area contributed by atoms with Crippen LogP contribution in [-0.4, -0.2) is 17.7 Å². The van der Waals surface area contributed by atoms with E-state index in [0.29, 0.717) is 5.92 Å². The molecule has 0 bridgehead atoms. The molecule has 3 aromatic rings. The predicted molar refractivity (Wildman–Crippen MR) is 117 cm³/mol. The summed E-state index contributed by atoms with van der Waals surface area (Å²) in [4.78, 5) is 15.0. The van der Waals surface area contributed by atoms with Crippen LogP contribution < -0.4 is 10.5 Å². The molecule has 0 radical (unpaired) electrons. The lowest BCUT2D eigenvalue weighted by Gasteiger charge is -2.35. The summed E-state index contributed by atoms with van der Waals surface area (Å²) in [5.41, 5.74) is 4.65. The van der Waals surface area contributed by atoms with Crippen molar-refractivity contribution in [3.8, 4) is 6.07 Å². The molecular formula is C25H25N3O. The first kappa shape index (κ1) is 18.0. The third-order valence-electron chi connectivity index (χ3n) is 6.66. The molecule has 0 atom stereocenters. The number of rotatable bonds is 3. The molecule has 0 spiro atoms. The second-order valence-corrected chi connectivity index (χ2v) is 8.42. The highest BCUT2D eigenvalue weighted by molar-refractivity contribution is 5.94. The van der Waals surface area contributed by atoms with Gasteiger partial charge >= 0.3 is 0 Å². The fraction of sp³-hybridized carbons (Fsp3) is 0.360. The molecule has 1 aliphatic heterocycles. The Balaban J connectivity index is 1.43. The van der Waals surface area contributed by atoms with Gasteiger partial charge in [-0.25, -0.2) is 0 Å². The van der Waals surface area contributed by atoms with Crippen LogP contribution in [0.25, 0.3) is 10.9 Å². The molecule has 1 saturated heterocycles. The molecule has 4 nitrogen and oxygen atoms in total. The molecule has 1 aromatic heterocycles. The highest BCUT2D eigenvalue weighted by Gasteiger charge is 2.27. The average Bonchev–Trinajstić information content (AvgIpc) is 3.62. The van der Waals surface area contributed by atoms with E-state index in [9.17, 15) is 10.1 Å². The van der Waals surface area contributed by atoms with Crippen molar-refractivity contribution < 1.29 is 0 Å². The Morgan fingerprint density at radius 3 is 2.07 bits per heavy atom. The highest BCUT2D eigenvalue weighted by atomic mass is 16.1. The van der Waals surface area contributed by atoms with Crippen LogP contribution in [0.5, 0.6) is 0 Å². The summed E-state index contributed by atoms with van der Waals surface area (Å²) in [6, 6.07) is 19.3. The molecule has 1 saturated carbocycles. The van der Waals surface area contributed by atoms with Crippen LogP contribution in [0.15, 0.2) is 53.3 Å². The van der Waals surface area contributed by atoms with Gasteiger partial charge in [0.25, 0.3) is 5.56 Å². The number of nitrogens with zero attached hydrogens (tertiary/aromatic N) is 3. The Bertz CT molecular complexity index is 1160. The maximum absolute atomic E-state index is 12.8. The molecule has 4 heteroatoms. The van der Waals surface area contributed by atoms with E-state index in [-0.39, 0.29) is 11.1 Å². The van der Waals surface area contributed by atoms with Crippen LogP contribution in [0.1, 0.15) is 54.2 Å². The summed E-state index contributed by atoms with van der Waals surface area (Å²) in [7, 11) is 1.74. The quantitative estimate of drug-likeness (QED) is 0.660. The average molecular weight is 383 g/mol. The molecule has 146 valence electrons. The van der Waals surface area contributed by atoms with E-state index in [4.69, 9.17) is 0 Å². The minimum atomic E-state index is -0.209. The summed E-state index contributed by atoms with van der Waals surface area (Å²) in [6.45, 7) is 1.72. The van der Waals surface area contributed by atoms with E-state index in [1.165, 1.54) is 24.0 Å². The molecule has 2 heterocycles. The van der Waals surface area contributed by atoms with Crippen LogP contribution in [0.2, 0.25) is 0 Å². The number of fused-ring (bicyclic) bond motifs is 1. The van der Waals surface area contributed by atoms with Gasteiger partial charge in [0.2, 0.25) is 0 Å². The smallest absolute Gasteiger partial charge is 0.270 e. The first-order chi connectivity index (χ1) is 14.2. The minimum Gasteiger partial charge on any atom is -0.370 e. The molecule has 2 fully saturated rings. The number of para-hydroxylation sites is 1. The normalized spacial score (nSPS) is 17.4. The fourth-order valence-electron chi connectivity index (χ4n) is 4.80. The lowest BCUT2D eigenvalue weighted by atomic mass is 9.88. The number of benzene rings is 2. The van der Waals surface area contributed by atoms with Crippen LogP contribution in [0.3, 0.4) is 0 Å². The van der Waals surface area contributed by atoms with Gasteiger partial charge in [-0.2, -0.15) is 5.26 Å². The number of nitriles is 1. The van der Waals surface area contributed by atoms with Gasteiger partial charge in [-0.05, 0) is 54.7 Å². The SMILES string of the molecule is Cn1c(=O)c(C#N)c(N2CCC(c3ccc(C4CC4)cc3)CC2)c2ccccc21. The number of pyridine rings is 1. The first-order valence-electron chi connectivity index (χ1n) is 10.5. The second kappa shape index (κ2) is 7.08. The number of aryl methyl sites for hydroxylation is 1. The Morgan fingerprint density at radius 1 is 0.897 bits per heavy atom. The van der Waals surface area contributed by atoms with Gasteiger partial charge in [0.15, 0.2) is 0 Å². The molecule has 2 aromatic carbocycles. The summed E-state index contributed by atoms with van der Waals surface area (Å²) in [5, 5.41) is 10.7. The molecule has 0 amide bonds. The topological polar surface area (TPSA) is 49.0 Å². The van der Waals surface area contributed by atoms with E-state index in [2.05, 4.69) is 35.2 Å². The van der Waals surface area contributed by atoms with Crippen LogP contribution in [-0.2, 0) is 7.05 Å². The standard InChI is InChI=1S/C25H25N3O/c1-27-23-5-3-2-4-21(23)24(22(16-26)25(27)29)28-14-12-20(13-15-28)19-10-8-18(9-11-19)17-6-7-17/h2-5,8-11,17,20H,6-7,12-15H2,1H3. The number of hydrogen-bond donors (Lipinski definition) is 0. The minimum absolute atomic E-state index is 0.209. The van der Waals surface area contributed by atoms with E-state index in [0.717, 1.165) is 48.4 Å². The molecular weight excluding hydrogens is 358 g/mol. The lowest BCUT2D eigenvalue weighted by molar-refractivity contribution is 0.505. The third kappa shape index (κ3) is 3.11. The maximum atomic E-state index is 12.8. The summed E-state index contributed by atoms with van der Waals surface area (Å²) in [5.74, 6) is 1.34. The van der Waals surface area contributed by atoms with Crippen molar-refractivity contribution in [2.75, 3.05) is 18.0 Å². The zero-order chi connectivity index (χ0) is 20.0. The van der Waals surface area contributed by atoms with Crippen molar-refractivity contribution in [3.63, 3.8) is 0 Å². The number of aromatic nitrogens is 1. The van der Waals surface area contributed by atoms with Crippen LogP contribution in [0.4, 0.5) is 5.69 Å². The van der Waals surface area contributed by atoms with Gasteiger partial charge in [0.05, 0.1) is 11.2 Å². The van der Waals surface area contributed by atoms with Gasteiger partial charge < -0.3 is 9.47 Å². The Kier molecular flexibility index (Phi) is 4.39. The zero-order valence-corrected chi connectivity index (χ0v) is 16.8. The maximum Gasteiger partial charge on any atom is 0.270 e. The number of anilines is 1. The van der Waals surface area contributed by atoms with Crippen molar-refractivity contribution in [2.45, 2.75) is 37.5 Å². The number of hydrogen-bond acceptors (Lipinski definition) is 3. The monoisotopic (exact) mass is 383 g/mol. The summed E-state index contributed by atoms with van der Waals surface area (Å²) in [6.07, 6.45) is 4.75. The molecule has 2 aliphatic rings. The van der Waals surface area contributed by atoms with Gasteiger partial charge in [-0.1, -0.05) is 42.5 Å². The Hall–Kier alpha value is -3.06. The highest BCUT2D eigenvalue weighted by Crippen LogP contribution is 2.41. The zero-order valence-electron chi connectivity index (χ0n) is 16.8. The largest absolute Gasteiger partial charge is 0.370 e. The van der Waals surface area contributed by atoms with Gasteiger partial charge in [-0.3, -0.25) is 4.79 Å². The van der Waals surface area contributed by atoms with Gasteiger partial charge in [-0.15, -0.1) is 0 Å². The van der Waals surface area contributed by atoms with Crippen LogP contribution >= 0.6 is 0 Å². The number of piperidine rings is 1. The summed E-state index contributed by atoms with van der Waals surface area (Å²) >= 11 is 0.